The van der Waals surface area contributed by atoms with Gasteiger partial charge in [-0.3, -0.25) is 4.79 Å². The summed E-state index contributed by atoms with van der Waals surface area (Å²) in [4.78, 5) is 11.8. The normalized spacial score (nSPS) is 33.9. The monoisotopic (exact) mass is 284 g/mol. The summed E-state index contributed by atoms with van der Waals surface area (Å²) in [7, 11) is 0. The van der Waals surface area contributed by atoms with Crippen LogP contribution in [0.4, 0.5) is 0 Å². The second-order valence-corrected chi connectivity index (χ2v) is 6.08. The fraction of sp³-hybridized carbons (Fsp3) is 0.462. The lowest BCUT2D eigenvalue weighted by Crippen LogP contribution is -2.45. The van der Waals surface area contributed by atoms with Crippen molar-refractivity contribution in [3.05, 3.63) is 33.8 Å². The van der Waals surface area contributed by atoms with Crippen LogP contribution >= 0.6 is 23.2 Å². The Balaban J connectivity index is 2.05. The number of carbonyl (C=O) groups is 1. The van der Waals surface area contributed by atoms with Crippen LogP contribution in [0.15, 0.2) is 18.2 Å². The maximum absolute atomic E-state index is 11.8. The second-order valence-electron chi connectivity index (χ2n) is 5.26. The number of hydrogen-bond donors (Lipinski definition) is 2. The summed E-state index contributed by atoms with van der Waals surface area (Å²) < 4.78 is 0. The highest BCUT2D eigenvalue weighted by molar-refractivity contribution is 6.42. The molecule has 2 fully saturated rings. The number of fused-ring (bicyclic) bond motifs is 1. The van der Waals surface area contributed by atoms with E-state index < -0.39 is 5.41 Å². The van der Waals surface area contributed by atoms with Gasteiger partial charge in [-0.1, -0.05) is 29.3 Å². The average molecular weight is 285 g/mol. The first-order valence-electron chi connectivity index (χ1n) is 5.98. The SMILES string of the molecule is NC(=O)[C@@]12CNCC[C@]1(c1ccc(Cl)c(Cl)c1)C2. The number of piperidine rings is 1. The van der Waals surface area contributed by atoms with E-state index >= 15 is 0 Å². The van der Waals surface area contributed by atoms with Crippen LogP contribution in [0.5, 0.6) is 0 Å². The van der Waals surface area contributed by atoms with E-state index in [1.54, 1.807) is 6.07 Å². The van der Waals surface area contributed by atoms with E-state index in [1.807, 2.05) is 12.1 Å². The molecule has 0 aromatic heterocycles. The molecule has 0 radical (unpaired) electrons. The van der Waals surface area contributed by atoms with Crippen molar-refractivity contribution in [3.63, 3.8) is 0 Å². The van der Waals surface area contributed by atoms with Crippen LogP contribution in [0.2, 0.25) is 10.0 Å². The molecule has 0 unspecified atom stereocenters. The molecule has 0 spiro atoms. The molecule has 2 aliphatic rings. The molecule has 1 aromatic rings. The summed E-state index contributed by atoms with van der Waals surface area (Å²) in [5.74, 6) is -0.222. The zero-order valence-corrected chi connectivity index (χ0v) is 11.3. The third-order valence-electron chi connectivity index (χ3n) is 4.49. The van der Waals surface area contributed by atoms with E-state index in [0.29, 0.717) is 16.6 Å². The first kappa shape index (κ1) is 12.3. The number of hydrogen-bond acceptors (Lipinski definition) is 2. The topological polar surface area (TPSA) is 55.1 Å². The third-order valence-corrected chi connectivity index (χ3v) is 5.23. The Morgan fingerprint density at radius 1 is 1.33 bits per heavy atom. The third kappa shape index (κ3) is 1.44. The number of nitrogens with two attached hydrogens (primary N) is 1. The van der Waals surface area contributed by atoms with Gasteiger partial charge in [0, 0.05) is 12.0 Å². The van der Waals surface area contributed by atoms with Crippen molar-refractivity contribution in [2.45, 2.75) is 18.3 Å². The molecule has 3 nitrogen and oxygen atoms in total. The Bertz CT molecular complexity index is 534. The van der Waals surface area contributed by atoms with Crippen LogP contribution in [0, 0.1) is 5.41 Å². The molecule has 1 amide bonds. The fourth-order valence-corrected chi connectivity index (χ4v) is 3.66. The molecule has 2 atom stereocenters. The summed E-state index contributed by atoms with van der Waals surface area (Å²) in [6.45, 7) is 1.55. The predicted molar refractivity (Wildman–Crippen MR) is 71.9 cm³/mol. The number of rotatable bonds is 2. The van der Waals surface area contributed by atoms with Crippen LogP contribution in [-0.4, -0.2) is 19.0 Å². The molecule has 1 aliphatic heterocycles. The molecule has 3 N–H and O–H groups in total. The van der Waals surface area contributed by atoms with Gasteiger partial charge >= 0.3 is 0 Å². The van der Waals surface area contributed by atoms with Crippen molar-refractivity contribution < 1.29 is 4.79 Å². The number of primary amides is 1. The smallest absolute Gasteiger partial charge is 0.225 e. The number of carbonyl (C=O) groups excluding carboxylic acids is 1. The molecule has 18 heavy (non-hydrogen) atoms. The molecule has 1 saturated carbocycles. The van der Waals surface area contributed by atoms with Crippen LogP contribution in [0.1, 0.15) is 18.4 Å². The lowest BCUT2D eigenvalue weighted by Gasteiger charge is -2.29. The molecule has 1 aromatic carbocycles. The van der Waals surface area contributed by atoms with E-state index in [0.717, 1.165) is 24.9 Å². The van der Waals surface area contributed by atoms with Gasteiger partial charge in [0.25, 0.3) is 0 Å². The van der Waals surface area contributed by atoms with Crippen LogP contribution in [0.3, 0.4) is 0 Å². The second kappa shape index (κ2) is 3.86. The average Bonchev–Trinajstić information content (AvgIpc) is 3.04. The summed E-state index contributed by atoms with van der Waals surface area (Å²) in [5.41, 5.74) is 6.09. The molecule has 1 aliphatic carbocycles. The number of halogens is 2. The van der Waals surface area contributed by atoms with E-state index in [-0.39, 0.29) is 11.3 Å². The lowest BCUT2D eigenvalue weighted by molar-refractivity contribution is -0.124. The molecule has 5 heteroatoms. The van der Waals surface area contributed by atoms with Gasteiger partial charge in [0.1, 0.15) is 0 Å². The fourth-order valence-electron chi connectivity index (χ4n) is 3.36. The first-order valence-corrected chi connectivity index (χ1v) is 6.74. The van der Waals surface area contributed by atoms with Crippen molar-refractivity contribution in [3.8, 4) is 0 Å². The maximum Gasteiger partial charge on any atom is 0.225 e. The largest absolute Gasteiger partial charge is 0.369 e. The van der Waals surface area contributed by atoms with Crippen molar-refractivity contribution in [1.82, 2.24) is 5.32 Å². The molecular weight excluding hydrogens is 271 g/mol. The van der Waals surface area contributed by atoms with Crippen molar-refractivity contribution >= 4 is 29.1 Å². The molecule has 1 saturated heterocycles. The maximum atomic E-state index is 11.8. The Morgan fingerprint density at radius 3 is 2.78 bits per heavy atom. The van der Waals surface area contributed by atoms with E-state index in [9.17, 15) is 4.79 Å². The van der Waals surface area contributed by atoms with Crippen LogP contribution in [-0.2, 0) is 10.2 Å². The zero-order valence-electron chi connectivity index (χ0n) is 9.80. The van der Waals surface area contributed by atoms with E-state index in [1.165, 1.54) is 0 Å². The van der Waals surface area contributed by atoms with E-state index in [2.05, 4.69) is 5.32 Å². The molecule has 0 bridgehead atoms. The van der Waals surface area contributed by atoms with Crippen molar-refractivity contribution in [2.24, 2.45) is 11.1 Å². The molecule has 1 heterocycles. The number of amides is 1. The van der Waals surface area contributed by atoms with Gasteiger partial charge in [-0.25, -0.2) is 0 Å². The van der Waals surface area contributed by atoms with Gasteiger partial charge < -0.3 is 11.1 Å². The Hall–Kier alpha value is -0.770. The Kier molecular flexibility index (Phi) is 2.63. The minimum Gasteiger partial charge on any atom is -0.369 e. The Morgan fingerprint density at radius 2 is 2.11 bits per heavy atom. The highest BCUT2D eigenvalue weighted by Crippen LogP contribution is 2.67. The van der Waals surface area contributed by atoms with Gasteiger partial charge in [0.15, 0.2) is 0 Å². The molecule has 96 valence electrons. The van der Waals surface area contributed by atoms with Gasteiger partial charge in [0.05, 0.1) is 15.5 Å². The molecular formula is C13H14Cl2N2O. The highest BCUT2D eigenvalue weighted by atomic mass is 35.5. The van der Waals surface area contributed by atoms with Crippen LogP contribution < -0.4 is 11.1 Å². The quantitative estimate of drug-likeness (QED) is 0.874. The standard InChI is InChI=1S/C13H14Cl2N2O/c14-9-2-1-8(5-10(9)15)12-3-4-17-7-13(12,6-12)11(16)18/h1-2,5,17H,3-4,6-7H2,(H2,16,18)/t12-,13-/m1/s1. The van der Waals surface area contributed by atoms with Gasteiger partial charge in [0.2, 0.25) is 5.91 Å². The van der Waals surface area contributed by atoms with Crippen LogP contribution in [0.25, 0.3) is 0 Å². The van der Waals surface area contributed by atoms with Gasteiger partial charge in [-0.05, 0) is 37.1 Å². The summed E-state index contributed by atoms with van der Waals surface area (Å²) in [5, 5.41) is 4.33. The van der Waals surface area contributed by atoms with Crippen molar-refractivity contribution in [1.29, 1.82) is 0 Å². The summed E-state index contributed by atoms with van der Waals surface area (Å²) >= 11 is 12.0. The van der Waals surface area contributed by atoms with Gasteiger partial charge in [-0.2, -0.15) is 0 Å². The van der Waals surface area contributed by atoms with E-state index in [4.69, 9.17) is 28.9 Å². The first-order chi connectivity index (χ1) is 8.52. The summed E-state index contributed by atoms with van der Waals surface area (Å²) in [6, 6.07) is 5.63. The predicted octanol–water partition coefficient (Wildman–Crippen LogP) is 2.10. The minimum atomic E-state index is -0.442. The lowest BCUT2D eigenvalue weighted by atomic mass is 9.80. The summed E-state index contributed by atoms with van der Waals surface area (Å²) in [6.07, 6.45) is 1.72. The zero-order chi connectivity index (χ0) is 13.0. The van der Waals surface area contributed by atoms with Gasteiger partial charge in [-0.15, -0.1) is 0 Å². The van der Waals surface area contributed by atoms with Crippen molar-refractivity contribution in [2.75, 3.05) is 13.1 Å². The number of nitrogens with one attached hydrogen (secondary N) is 1. The molecule has 3 rings (SSSR count). The Labute approximate surface area is 116 Å². The highest BCUT2D eigenvalue weighted by Gasteiger charge is 2.72. The number of benzene rings is 1. The minimum absolute atomic E-state index is 0.141.